The molecule has 0 saturated heterocycles. The lowest BCUT2D eigenvalue weighted by Gasteiger charge is -2.23. The van der Waals surface area contributed by atoms with Crippen molar-refractivity contribution in [2.45, 2.75) is 49.6 Å². The van der Waals surface area contributed by atoms with Crippen molar-refractivity contribution in [1.82, 2.24) is 5.32 Å². The van der Waals surface area contributed by atoms with Crippen LogP contribution in [0.1, 0.15) is 37.7 Å². The van der Waals surface area contributed by atoms with Gasteiger partial charge in [-0.15, -0.1) is 24.0 Å². The predicted molar refractivity (Wildman–Crippen MR) is 105 cm³/mol. The van der Waals surface area contributed by atoms with Gasteiger partial charge in [-0.25, -0.2) is 18.5 Å². The van der Waals surface area contributed by atoms with Crippen LogP contribution in [-0.4, -0.2) is 27.5 Å². The van der Waals surface area contributed by atoms with Crippen LogP contribution in [0.3, 0.4) is 0 Å². The number of primary sulfonamides is 1. The zero-order valence-corrected chi connectivity index (χ0v) is 16.8. The van der Waals surface area contributed by atoms with Crippen LogP contribution in [0, 0.1) is 0 Å². The molecular weight excluding hydrogens is 443 g/mol. The standard InChI is InChI=1S/C15H24N4O3S.HI/c1-22-13-8-7-11(9-14(13)23(17,20)21)10-18-15(16)19-12-5-3-2-4-6-12;/h7-9,12H,2-6,10H2,1H3,(H3,16,18,19)(H2,17,20,21);1H. The third kappa shape index (κ3) is 6.10. The van der Waals surface area contributed by atoms with Crippen molar-refractivity contribution >= 4 is 40.0 Å². The van der Waals surface area contributed by atoms with E-state index in [9.17, 15) is 8.42 Å². The molecule has 5 N–H and O–H groups in total. The highest BCUT2D eigenvalue weighted by atomic mass is 127. The van der Waals surface area contributed by atoms with Crippen molar-refractivity contribution in [3.63, 3.8) is 0 Å². The maximum Gasteiger partial charge on any atom is 0.241 e. The van der Waals surface area contributed by atoms with Crippen LogP contribution in [0.5, 0.6) is 5.75 Å². The number of hydrogen-bond acceptors (Lipinski definition) is 4. The second-order valence-corrected chi connectivity index (χ2v) is 7.24. The molecule has 7 nitrogen and oxygen atoms in total. The summed E-state index contributed by atoms with van der Waals surface area (Å²) in [5.74, 6) is 0.596. The van der Waals surface area contributed by atoms with E-state index < -0.39 is 10.0 Å². The lowest BCUT2D eigenvalue weighted by molar-refractivity contribution is 0.402. The minimum absolute atomic E-state index is 0. The van der Waals surface area contributed by atoms with Gasteiger partial charge in [-0.2, -0.15) is 0 Å². The highest BCUT2D eigenvalue weighted by Gasteiger charge is 2.16. The highest BCUT2D eigenvalue weighted by Crippen LogP contribution is 2.24. The Kier molecular flexibility index (Phi) is 8.23. The first-order valence-corrected chi connectivity index (χ1v) is 9.21. The quantitative estimate of drug-likeness (QED) is 0.345. The SMILES string of the molecule is COc1ccc(CN=C(N)NC2CCCCC2)cc1S(N)(=O)=O.I. The van der Waals surface area contributed by atoms with Gasteiger partial charge in [-0.3, -0.25) is 0 Å². The van der Waals surface area contributed by atoms with Crippen molar-refractivity contribution in [3.05, 3.63) is 23.8 Å². The molecule has 0 amide bonds. The van der Waals surface area contributed by atoms with Gasteiger partial charge < -0.3 is 15.8 Å². The average Bonchev–Trinajstić information content (AvgIpc) is 2.53. The number of sulfonamides is 1. The average molecular weight is 468 g/mol. The summed E-state index contributed by atoms with van der Waals surface area (Å²) in [7, 11) is -2.45. The Hall–Kier alpha value is -1.07. The molecule has 0 radical (unpaired) electrons. The van der Waals surface area contributed by atoms with Crippen LogP contribution in [0.15, 0.2) is 28.1 Å². The molecule has 24 heavy (non-hydrogen) atoms. The lowest BCUT2D eigenvalue weighted by Crippen LogP contribution is -2.41. The largest absolute Gasteiger partial charge is 0.495 e. The van der Waals surface area contributed by atoms with Crippen LogP contribution in [0.4, 0.5) is 0 Å². The van der Waals surface area contributed by atoms with E-state index in [1.165, 1.54) is 32.4 Å². The second-order valence-electron chi connectivity index (χ2n) is 5.71. The molecule has 0 unspecified atom stereocenters. The van der Waals surface area contributed by atoms with Crippen molar-refractivity contribution in [1.29, 1.82) is 0 Å². The number of guanidine groups is 1. The summed E-state index contributed by atoms with van der Waals surface area (Å²) in [6.07, 6.45) is 5.91. The number of ether oxygens (including phenoxy) is 1. The van der Waals surface area contributed by atoms with E-state index in [0.29, 0.717) is 17.6 Å². The Balaban J connectivity index is 0.00000288. The fraction of sp³-hybridized carbons (Fsp3) is 0.533. The van der Waals surface area contributed by atoms with Crippen LogP contribution in [0.25, 0.3) is 0 Å². The summed E-state index contributed by atoms with van der Waals surface area (Å²) in [6.45, 7) is 0.276. The fourth-order valence-electron chi connectivity index (χ4n) is 2.72. The number of halogens is 1. The topological polar surface area (TPSA) is 120 Å². The Morgan fingerprint density at radius 3 is 2.58 bits per heavy atom. The van der Waals surface area contributed by atoms with E-state index in [-0.39, 0.29) is 41.2 Å². The first-order valence-electron chi connectivity index (χ1n) is 7.66. The van der Waals surface area contributed by atoms with Gasteiger partial charge in [-0.1, -0.05) is 25.3 Å². The van der Waals surface area contributed by atoms with Gasteiger partial charge >= 0.3 is 0 Å². The third-order valence-corrected chi connectivity index (χ3v) is 4.86. The molecule has 1 aliphatic carbocycles. The minimum atomic E-state index is -3.85. The Labute approximate surface area is 160 Å². The molecule has 0 atom stereocenters. The molecule has 0 aromatic heterocycles. The van der Waals surface area contributed by atoms with E-state index in [1.807, 2.05) is 0 Å². The second kappa shape index (κ2) is 9.42. The van der Waals surface area contributed by atoms with E-state index >= 15 is 0 Å². The van der Waals surface area contributed by atoms with Gasteiger partial charge in [0, 0.05) is 6.04 Å². The summed E-state index contributed by atoms with van der Waals surface area (Å²) >= 11 is 0. The molecule has 0 heterocycles. The molecule has 136 valence electrons. The Bertz CT molecular complexity index is 673. The lowest BCUT2D eigenvalue weighted by atomic mass is 9.96. The number of rotatable bonds is 5. The van der Waals surface area contributed by atoms with Crippen LogP contribution in [0.2, 0.25) is 0 Å². The number of nitrogens with two attached hydrogens (primary N) is 2. The zero-order chi connectivity index (χ0) is 16.9. The van der Waals surface area contributed by atoms with E-state index in [4.69, 9.17) is 15.6 Å². The Morgan fingerprint density at radius 2 is 2.00 bits per heavy atom. The summed E-state index contributed by atoms with van der Waals surface area (Å²) in [5.41, 5.74) is 6.60. The molecule has 1 aliphatic rings. The van der Waals surface area contributed by atoms with Crippen molar-refractivity contribution < 1.29 is 13.2 Å². The third-order valence-electron chi connectivity index (χ3n) is 3.92. The number of nitrogens with zero attached hydrogens (tertiary/aromatic N) is 1. The van der Waals surface area contributed by atoms with Crippen LogP contribution < -0.4 is 20.9 Å². The molecule has 1 aromatic carbocycles. The maximum absolute atomic E-state index is 11.6. The first-order chi connectivity index (χ1) is 10.9. The molecule has 1 saturated carbocycles. The number of nitrogens with one attached hydrogen (secondary N) is 1. The molecule has 0 spiro atoms. The van der Waals surface area contributed by atoms with Gasteiger partial charge in [0.05, 0.1) is 13.7 Å². The minimum Gasteiger partial charge on any atom is -0.495 e. The molecule has 0 bridgehead atoms. The number of aliphatic imine (C=N–C) groups is 1. The van der Waals surface area contributed by atoms with Gasteiger partial charge in [0.15, 0.2) is 5.96 Å². The summed E-state index contributed by atoms with van der Waals surface area (Å²) < 4.78 is 28.2. The number of hydrogen-bond donors (Lipinski definition) is 3. The van der Waals surface area contributed by atoms with Gasteiger partial charge in [0.2, 0.25) is 10.0 Å². The molecule has 0 aliphatic heterocycles. The monoisotopic (exact) mass is 468 g/mol. The van der Waals surface area contributed by atoms with E-state index in [0.717, 1.165) is 12.8 Å². The zero-order valence-electron chi connectivity index (χ0n) is 13.7. The molecule has 9 heteroatoms. The van der Waals surface area contributed by atoms with Gasteiger partial charge in [0.25, 0.3) is 0 Å². The molecule has 1 aromatic rings. The fourth-order valence-corrected chi connectivity index (χ4v) is 3.47. The van der Waals surface area contributed by atoms with Crippen LogP contribution in [-0.2, 0) is 16.6 Å². The number of methoxy groups -OCH3 is 1. The predicted octanol–water partition coefficient (Wildman–Crippen LogP) is 1.70. The summed E-state index contributed by atoms with van der Waals surface area (Å²) in [6, 6.07) is 5.15. The van der Waals surface area contributed by atoms with Gasteiger partial charge in [0.1, 0.15) is 10.6 Å². The normalized spacial score (nSPS) is 16.3. The van der Waals surface area contributed by atoms with Crippen molar-refractivity contribution in [2.24, 2.45) is 15.9 Å². The molecule has 2 rings (SSSR count). The molecular formula is C15H25IN4O3S. The van der Waals surface area contributed by atoms with Gasteiger partial charge in [-0.05, 0) is 30.5 Å². The summed E-state index contributed by atoms with van der Waals surface area (Å²) in [5, 5.41) is 8.42. The molecule has 1 fully saturated rings. The number of benzene rings is 1. The van der Waals surface area contributed by atoms with E-state index in [1.54, 1.807) is 12.1 Å². The van der Waals surface area contributed by atoms with Crippen molar-refractivity contribution in [2.75, 3.05) is 7.11 Å². The van der Waals surface area contributed by atoms with E-state index in [2.05, 4.69) is 10.3 Å². The smallest absolute Gasteiger partial charge is 0.241 e. The summed E-state index contributed by atoms with van der Waals surface area (Å²) in [4.78, 5) is 4.22. The Morgan fingerprint density at radius 1 is 1.33 bits per heavy atom. The first kappa shape index (κ1) is 21.0. The van der Waals surface area contributed by atoms with Crippen LogP contribution >= 0.6 is 24.0 Å². The van der Waals surface area contributed by atoms with Crippen molar-refractivity contribution in [3.8, 4) is 5.75 Å². The maximum atomic E-state index is 11.6. The highest BCUT2D eigenvalue weighted by molar-refractivity contribution is 14.0.